The lowest BCUT2D eigenvalue weighted by molar-refractivity contribution is -0.0271. The van der Waals surface area contributed by atoms with Crippen molar-refractivity contribution in [3.63, 3.8) is 0 Å². The zero-order valence-electron chi connectivity index (χ0n) is 12.7. The number of H-pyrrole nitrogens is 1. The van der Waals surface area contributed by atoms with E-state index in [1.165, 1.54) is 0 Å². The smallest absolute Gasteiger partial charge is 0.330 e. The van der Waals surface area contributed by atoms with Gasteiger partial charge in [-0.15, -0.1) is 0 Å². The van der Waals surface area contributed by atoms with Crippen molar-refractivity contribution in [2.45, 2.75) is 31.6 Å². The lowest BCUT2D eigenvalue weighted by atomic mass is 10.1. The van der Waals surface area contributed by atoms with Gasteiger partial charge < -0.3 is 9.84 Å². The number of hydrogen-bond donors (Lipinski definition) is 2. The van der Waals surface area contributed by atoms with Crippen molar-refractivity contribution in [3.8, 4) is 0 Å². The molecule has 1 aromatic rings. The van der Waals surface area contributed by atoms with Crippen LogP contribution in [0.15, 0.2) is 20.9 Å². The summed E-state index contributed by atoms with van der Waals surface area (Å²) in [7, 11) is 0. The van der Waals surface area contributed by atoms with Crippen LogP contribution in [0.1, 0.15) is 22.3 Å². The molecule has 3 atom stereocenters. The van der Waals surface area contributed by atoms with E-state index in [4.69, 9.17) is 14.4 Å². The van der Waals surface area contributed by atoms with Crippen LogP contribution in [-0.2, 0) is 4.74 Å². The molecule has 102 valence electrons. The first-order chi connectivity index (χ1) is 10.3. The van der Waals surface area contributed by atoms with Gasteiger partial charge in [-0.3, -0.25) is 14.3 Å². The van der Waals surface area contributed by atoms with Crippen molar-refractivity contribution in [1.29, 1.82) is 0 Å². The third-order valence-electron chi connectivity index (χ3n) is 2.86. The molecule has 0 amide bonds. The molecule has 9 heteroatoms. The summed E-state index contributed by atoms with van der Waals surface area (Å²) < 4.78 is 28.2. The first-order valence-corrected chi connectivity index (χ1v) is 5.44. The van der Waals surface area contributed by atoms with E-state index in [0.717, 1.165) is 10.8 Å². The summed E-state index contributed by atoms with van der Waals surface area (Å²) in [5.41, 5.74) is 6.08. The Morgan fingerprint density at radius 3 is 3.21 bits per heavy atom. The molecule has 1 fully saturated rings. The molecule has 0 bridgehead atoms. The van der Waals surface area contributed by atoms with E-state index in [0.29, 0.717) is 0 Å². The lowest BCUT2D eigenvalue weighted by Gasteiger charge is -2.14. The van der Waals surface area contributed by atoms with Crippen molar-refractivity contribution < 1.29 is 14.0 Å². The molecular formula is C10H13N5O4. The van der Waals surface area contributed by atoms with Gasteiger partial charge in [0.2, 0.25) is 0 Å². The van der Waals surface area contributed by atoms with Crippen molar-refractivity contribution in [1.82, 2.24) is 9.55 Å². The van der Waals surface area contributed by atoms with Gasteiger partial charge >= 0.3 is 5.69 Å². The summed E-state index contributed by atoms with van der Waals surface area (Å²) in [6, 6.07) is -0.699. The highest BCUT2D eigenvalue weighted by atomic mass is 16.5. The third kappa shape index (κ3) is 2.53. The highest BCUT2D eigenvalue weighted by Crippen LogP contribution is 2.29. The van der Waals surface area contributed by atoms with E-state index in [1.54, 1.807) is 0 Å². The van der Waals surface area contributed by atoms with Gasteiger partial charge in [0.25, 0.3) is 5.56 Å². The minimum atomic E-state index is -2.69. The van der Waals surface area contributed by atoms with Gasteiger partial charge in [0.1, 0.15) is 6.23 Å². The first kappa shape index (κ1) is 9.79. The van der Waals surface area contributed by atoms with Gasteiger partial charge in [-0.1, -0.05) is 5.11 Å². The van der Waals surface area contributed by atoms with Crippen LogP contribution in [0.25, 0.3) is 10.4 Å². The molecule has 1 aliphatic rings. The van der Waals surface area contributed by atoms with Crippen molar-refractivity contribution >= 4 is 0 Å². The summed E-state index contributed by atoms with van der Waals surface area (Å²) >= 11 is 0. The summed E-state index contributed by atoms with van der Waals surface area (Å²) in [5.74, 6) is 0. The number of aromatic amines is 1. The molecule has 2 N–H and O–H groups in total. The molecule has 0 aromatic carbocycles. The Morgan fingerprint density at radius 2 is 2.58 bits per heavy atom. The summed E-state index contributed by atoms with van der Waals surface area (Å²) in [4.78, 5) is 28.0. The van der Waals surface area contributed by atoms with Crippen molar-refractivity contribution in [2.24, 2.45) is 5.11 Å². The Balaban J connectivity index is 2.44. The minimum Gasteiger partial charge on any atom is -0.394 e. The van der Waals surface area contributed by atoms with Crippen LogP contribution in [0.5, 0.6) is 0 Å². The normalized spacial score (nSPS) is 29.1. The van der Waals surface area contributed by atoms with Crippen LogP contribution < -0.4 is 11.2 Å². The topological polar surface area (TPSA) is 133 Å². The average molecular weight is 271 g/mol. The Morgan fingerprint density at radius 1 is 1.79 bits per heavy atom. The molecule has 0 radical (unpaired) electrons. The van der Waals surface area contributed by atoms with Crippen molar-refractivity contribution in [2.75, 3.05) is 6.61 Å². The molecular weight excluding hydrogens is 255 g/mol. The van der Waals surface area contributed by atoms with Gasteiger partial charge in [-0.2, -0.15) is 0 Å². The fraction of sp³-hybridized carbons (Fsp3) is 0.600. The Kier molecular flexibility index (Phi) is 2.71. The van der Waals surface area contributed by atoms with Crippen LogP contribution >= 0.6 is 0 Å². The SMILES string of the molecule is [2H][13C]([2H])([2H])c1cn([C@H]2C[C@H](N=[N+]=[N-])[C@@H](CO)O2)c(=O)[nH]c1=O. The maximum absolute atomic E-state index is 11.8. The highest BCUT2D eigenvalue weighted by Gasteiger charge is 2.35. The summed E-state index contributed by atoms with van der Waals surface area (Å²) in [6.07, 6.45) is -0.776. The van der Waals surface area contributed by atoms with Gasteiger partial charge in [0.15, 0.2) is 0 Å². The van der Waals surface area contributed by atoms with Gasteiger partial charge in [0.05, 0.1) is 18.8 Å². The second-order valence-corrected chi connectivity index (χ2v) is 4.03. The Bertz CT molecular complexity index is 720. The van der Waals surface area contributed by atoms with Crippen LogP contribution in [0.3, 0.4) is 0 Å². The zero-order valence-corrected chi connectivity index (χ0v) is 9.68. The molecule has 0 aliphatic carbocycles. The fourth-order valence-corrected chi connectivity index (χ4v) is 1.94. The second-order valence-electron chi connectivity index (χ2n) is 4.03. The number of nitrogens with zero attached hydrogens (tertiary/aromatic N) is 4. The minimum absolute atomic E-state index is 0.0711. The number of nitrogens with one attached hydrogen (secondary N) is 1. The predicted octanol–water partition coefficient (Wildman–Crippen LogP) is -0.196. The average Bonchev–Trinajstić information content (AvgIpc) is 2.80. The molecule has 19 heavy (non-hydrogen) atoms. The van der Waals surface area contributed by atoms with E-state index >= 15 is 0 Å². The lowest BCUT2D eigenvalue weighted by Crippen LogP contribution is -2.33. The quantitative estimate of drug-likeness (QED) is 0.341. The molecule has 0 saturated carbocycles. The fourth-order valence-electron chi connectivity index (χ4n) is 1.94. The number of azide groups is 1. The largest absolute Gasteiger partial charge is 0.394 e. The van der Waals surface area contributed by atoms with Crippen LogP contribution in [-0.4, -0.2) is 33.4 Å². The maximum Gasteiger partial charge on any atom is 0.330 e. The van der Waals surface area contributed by atoms with Gasteiger partial charge in [0, 0.05) is 27.2 Å². The molecule has 9 nitrogen and oxygen atoms in total. The van der Waals surface area contributed by atoms with Gasteiger partial charge in [-0.05, 0) is 12.4 Å². The number of ether oxygens (including phenoxy) is 1. The van der Waals surface area contributed by atoms with Crippen LogP contribution in [0, 0.1) is 6.85 Å². The molecule has 0 spiro atoms. The summed E-state index contributed by atoms with van der Waals surface area (Å²) in [6.45, 7) is -3.12. The number of aliphatic hydroxyl groups is 1. The van der Waals surface area contributed by atoms with E-state index in [1.807, 2.05) is 4.98 Å². The van der Waals surface area contributed by atoms with Crippen molar-refractivity contribution in [3.05, 3.63) is 43.0 Å². The van der Waals surface area contributed by atoms with Crippen LogP contribution in [0.4, 0.5) is 0 Å². The molecule has 2 heterocycles. The van der Waals surface area contributed by atoms with E-state index in [-0.39, 0.29) is 6.42 Å². The second kappa shape index (κ2) is 5.27. The molecule has 1 aliphatic heterocycles. The number of aromatic nitrogens is 2. The number of hydrogen-bond acceptors (Lipinski definition) is 5. The molecule has 1 aromatic heterocycles. The number of aryl methyl sites for hydroxylation is 1. The van der Waals surface area contributed by atoms with E-state index in [2.05, 4.69) is 10.0 Å². The first-order valence-electron chi connectivity index (χ1n) is 6.94. The summed E-state index contributed by atoms with van der Waals surface area (Å²) in [5, 5.41) is 12.6. The molecule has 2 rings (SSSR count). The Labute approximate surface area is 111 Å². The number of rotatable bonds is 3. The van der Waals surface area contributed by atoms with E-state index < -0.39 is 48.6 Å². The van der Waals surface area contributed by atoms with Crippen LogP contribution in [0.2, 0.25) is 0 Å². The van der Waals surface area contributed by atoms with E-state index in [9.17, 15) is 14.7 Å². The molecule has 1 saturated heterocycles. The van der Waals surface area contributed by atoms with Gasteiger partial charge in [-0.25, -0.2) is 4.79 Å². The monoisotopic (exact) mass is 271 g/mol. The third-order valence-corrected chi connectivity index (χ3v) is 2.86. The Hall–Kier alpha value is -2.09. The number of aliphatic hydroxyl groups excluding tert-OH is 1. The molecule has 0 unspecified atom stereocenters. The maximum atomic E-state index is 11.8. The zero-order chi connectivity index (χ0) is 16.5. The standard InChI is InChI=1S/C10H13N5O4/c1-5-3-15(10(18)12-9(5)17)8-2-6(13-14-11)7(4-16)19-8/h3,6-8,16H,2,4H2,1H3,(H,12,17,18)/t6-,7+,8+/m0/s1/i1+1D3. The predicted molar refractivity (Wildman–Crippen MR) is 64.6 cm³/mol. The highest BCUT2D eigenvalue weighted by molar-refractivity contribution is 5.02.